The van der Waals surface area contributed by atoms with Gasteiger partial charge in [0.25, 0.3) is 0 Å². The lowest BCUT2D eigenvalue weighted by atomic mass is 9.89. The Hall–Kier alpha value is -1.88. The topological polar surface area (TPSA) is 33.7 Å². The van der Waals surface area contributed by atoms with E-state index in [9.17, 15) is 0 Å². The molecule has 0 spiro atoms. The second-order valence-electron chi connectivity index (χ2n) is 10.1. The molecule has 0 saturated carbocycles. The summed E-state index contributed by atoms with van der Waals surface area (Å²) in [6.07, 6.45) is 10.4. The largest absolute Gasteiger partial charge is 0.490 e. The van der Waals surface area contributed by atoms with E-state index in [0.717, 1.165) is 38.0 Å². The van der Waals surface area contributed by atoms with E-state index in [0.29, 0.717) is 30.3 Å². The molecule has 4 aliphatic heterocycles. The van der Waals surface area contributed by atoms with Crippen LogP contribution in [0.25, 0.3) is 0 Å². The molecule has 164 valence electrons. The Labute approximate surface area is 185 Å². The molecule has 4 nitrogen and oxygen atoms in total. The molecule has 5 atom stereocenters. The first-order chi connectivity index (χ1) is 15.3. The van der Waals surface area contributed by atoms with Crippen LogP contribution >= 0.6 is 0 Å². The molecule has 0 radical (unpaired) electrons. The van der Waals surface area contributed by atoms with Crippen LogP contribution in [0.3, 0.4) is 0 Å². The van der Waals surface area contributed by atoms with Crippen molar-refractivity contribution in [2.24, 2.45) is 0 Å². The van der Waals surface area contributed by atoms with E-state index < -0.39 is 0 Å². The highest BCUT2D eigenvalue weighted by atomic mass is 16.5. The van der Waals surface area contributed by atoms with E-state index in [1.54, 1.807) is 0 Å². The Balaban J connectivity index is 1.14. The maximum absolute atomic E-state index is 6.47. The summed E-state index contributed by atoms with van der Waals surface area (Å²) >= 11 is 0. The fraction of sp³-hybridized carbons (Fsp3) is 0.556. The first-order valence-electron chi connectivity index (χ1n) is 12.2. The third-order valence-electron chi connectivity index (χ3n) is 8.05. The Morgan fingerprint density at radius 1 is 0.839 bits per heavy atom. The van der Waals surface area contributed by atoms with Crippen LogP contribution in [-0.4, -0.2) is 40.9 Å². The highest BCUT2D eigenvalue weighted by Crippen LogP contribution is 2.48. The summed E-state index contributed by atoms with van der Waals surface area (Å²) < 4.78 is 12.9. The zero-order valence-electron chi connectivity index (χ0n) is 18.3. The SMILES string of the molecule is c1ccc(COC2CC3CCC(N4C5CCC4CC(Oc4ccccc4)C5)(C2)N3)cc1. The molecule has 4 heteroatoms. The Bertz CT molecular complexity index is 861. The van der Waals surface area contributed by atoms with Crippen molar-refractivity contribution in [2.75, 3.05) is 0 Å². The van der Waals surface area contributed by atoms with Gasteiger partial charge in [-0.3, -0.25) is 10.2 Å². The Kier molecular flexibility index (Phi) is 5.25. The maximum atomic E-state index is 6.47. The van der Waals surface area contributed by atoms with Gasteiger partial charge in [-0.1, -0.05) is 48.5 Å². The van der Waals surface area contributed by atoms with Crippen LogP contribution in [0, 0.1) is 0 Å². The van der Waals surface area contributed by atoms with Gasteiger partial charge in [-0.25, -0.2) is 0 Å². The van der Waals surface area contributed by atoms with Gasteiger partial charge in [0.05, 0.1) is 18.4 Å². The average molecular weight is 419 g/mol. The molecule has 0 amide bonds. The van der Waals surface area contributed by atoms with Crippen LogP contribution in [0.5, 0.6) is 5.75 Å². The molecule has 5 unspecified atom stereocenters. The minimum Gasteiger partial charge on any atom is -0.490 e. The van der Waals surface area contributed by atoms with Gasteiger partial charge in [0, 0.05) is 24.5 Å². The van der Waals surface area contributed by atoms with Crippen LogP contribution in [0.4, 0.5) is 0 Å². The van der Waals surface area contributed by atoms with Gasteiger partial charge < -0.3 is 9.47 Å². The predicted molar refractivity (Wildman–Crippen MR) is 122 cm³/mol. The number of para-hydroxylation sites is 1. The molecule has 4 heterocycles. The molecule has 4 saturated heterocycles. The number of hydrogen-bond acceptors (Lipinski definition) is 4. The van der Waals surface area contributed by atoms with Gasteiger partial charge in [0.2, 0.25) is 0 Å². The van der Waals surface area contributed by atoms with Crippen LogP contribution < -0.4 is 10.1 Å². The minimum absolute atomic E-state index is 0.133. The van der Waals surface area contributed by atoms with Gasteiger partial charge in [0.15, 0.2) is 0 Å². The third-order valence-corrected chi connectivity index (χ3v) is 8.05. The van der Waals surface area contributed by atoms with Crippen molar-refractivity contribution in [3.63, 3.8) is 0 Å². The lowest BCUT2D eigenvalue weighted by Gasteiger charge is -2.52. The van der Waals surface area contributed by atoms with Crippen molar-refractivity contribution in [2.45, 2.75) is 94.0 Å². The van der Waals surface area contributed by atoms with Crippen molar-refractivity contribution in [1.82, 2.24) is 10.2 Å². The smallest absolute Gasteiger partial charge is 0.119 e. The van der Waals surface area contributed by atoms with Crippen molar-refractivity contribution in [3.8, 4) is 5.75 Å². The lowest BCUT2D eigenvalue weighted by Crippen LogP contribution is -2.66. The quantitative estimate of drug-likeness (QED) is 0.724. The second kappa shape index (κ2) is 8.23. The first-order valence-corrected chi connectivity index (χ1v) is 12.2. The first kappa shape index (κ1) is 19.8. The third kappa shape index (κ3) is 3.90. The summed E-state index contributed by atoms with van der Waals surface area (Å²) in [6, 6.07) is 22.9. The fourth-order valence-electron chi connectivity index (χ4n) is 6.89. The van der Waals surface area contributed by atoms with E-state index in [4.69, 9.17) is 9.47 Å². The number of nitrogens with zero attached hydrogens (tertiary/aromatic N) is 1. The van der Waals surface area contributed by atoms with Crippen molar-refractivity contribution >= 4 is 0 Å². The van der Waals surface area contributed by atoms with E-state index in [1.807, 2.05) is 0 Å². The molecule has 31 heavy (non-hydrogen) atoms. The number of benzene rings is 2. The van der Waals surface area contributed by atoms with Gasteiger partial charge >= 0.3 is 0 Å². The normalized spacial score (nSPS) is 37.1. The molecule has 4 fully saturated rings. The number of piperidine rings is 2. The highest BCUT2D eigenvalue weighted by molar-refractivity contribution is 5.22. The monoisotopic (exact) mass is 418 g/mol. The van der Waals surface area contributed by atoms with E-state index in [-0.39, 0.29) is 5.66 Å². The predicted octanol–water partition coefficient (Wildman–Crippen LogP) is 4.89. The minimum atomic E-state index is 0.133. The maximum Gasteiger partial charge on any atom is 0.119 e. The average Bonchev–Trinajstić information content (AvgIpc) is 3.27. The summed E-state index contributed by atoms with van der Waals surface area (Å²) in [4.78, 5) is 2.88. The number of nitrogens with one attached hydrogen (secondary N) is 1. The zero-order valence-corrected chi connectivity index (χ0v) is 18.3. The van der Waals surface area contributed by atoms with Crippen molar-refractivity contribution in [3.05, 3.63) is 66.2 Å². The molecule has 6 rings (SSSR count). The summed E-state index contributed by atoms with van der Waals surface area (Å²) in [5, 5.41) is 4.07. The summed E-state index contributed by atoms with van der Waals surface area (Å²) in [7, 11) is 0. The van der Waals surface area contributed by atoms with Gasteiger partial charge in [0.1, 0.15) is 11.9 Å². The van der Waals surface area contributed by atoms with E-state index >= 15 is 0 Å². The number of fused-ring (bicyclic) bond motifs is 5. The molecule has 2 aromatic rings. The second-order valence-corrected chi connectivity index (χ2v) is 10.1. The lowest BCUT2D eigenvalue weighted by molar-refractivity contribution is -0.0906. The zero-order chi connectivity index (χ0) is 20.7. The summed E-state index contributed by atoms with van der Waals surface area (Å²) in [6.45, 7) is 0.730. The molecule has 0 aromatic heterocycles. The van der Waals surface area contributed by atoms with Crippen molar-refractivity contribution in [1.29, 1.82) is 0 Å². The van der Waals surface area contributed by atoms with E-state index in [2.05, 4.69) is 70.9 Å². The summed E-state index contributed by atoms with van der Waals surface area (Å²) in [5.41, 5.74) is 1.41. The van der Waals surface area contributed by atoms with Gasteiger partial charge in [-0.2, -0.15) is 0 Å². The molecule has 4 bridgehead atoms. The molecular formula is C27H34N2O2. The fourth-order valence-corrected chi connectivity index (χ4v) is 6.89. The molecule has 0 aliphatic carbocycles. The van der Waals surface area contributed by atoms with Crippen molar-refractivity contribution < 1.29 is 9.47 Å². The van der Waals surface area contributed by atoms with Crippen LogP contribution in [0.2, 0.25) is 0 Å². The Morgan fingerprint density at radius 3 is 2.29 bits per heavy atom. The molecule has 4 aliphatic rings. The van der Waals surface area contributed by atoms with Crippen LogP contribution in [0.1, 0.15) is 56.9 Å². The van der Waals surface area contributed by atoms with Gasteiger partial charge in [-0.05, 0) is 62.6 Å². The molecule has 1 N–H and O–H groups in total. The number of rotatable bonds is 6. The highest BCUT2D eigenvalue weighted by Gasteiger charge is 2.56. The standard InChI is InChI=1S/C27H34N2O2/c1-3-7-20(8-4-1)19-30-26-15-21-13-14-27(18-26,28-21)29-22-11-12-23(29)17-25(16-22)31-24-9-5-2-6-10-24/h1-10,21-23,25-26,28H,11-19H2. The molecular weight excluding hydrogens is 384 g/mol. The van der Waals surface area contributed by atoms with Crippen LogP contribution in [0.15, 0.2) is 60.7 Å². The van der Waals surface area contributed by atoms with E-state index in [1.165, 1.54) is 31.2 Å². The number of hydrogen-bond donors (Lipinski definition) is 1. The van der Waals surface area contributed by atoms with Gasteiger partial charge in [-0.15, -0.1) is 0 Å². The molecule has 2 aromatic carbocycles. The summed E-state index contributed by atoms with van der Waals surface area (Å²) in [5.74, 6) is 1.02. The number of ether oxygens (including phenoxy) is 2. The Morgan fingerprint density at radius 2 is 1.55 bits per heavy atom. The van der Waals surface area contributed by atoms with Crippen LogP contribution in [-0.2, 0) is 11.3 Å².